The lowest BCUT2D eigenvalue weighted by molar-refractivity contribution is 0.637. The lowest BCUT2D eigenvalue weighted by Gasteiger charge is -2.14. The molecule has 0 fully saturated rings. The molecule has 5 nitrogen and oxygen atoms in total. The van der Waals surface area contributed by atoms with E-state index in [2.05, 4.69) is 15.3 Å². The summed E-state index contributed by atoms with van der Waals surface area (Å²) < 4.78 is 16.7. The predicted molar refractivity (Wildman–Crippen MR) is 121 cm³/mol. The van der Waals surface area contributed by atoms with Gasteiger partial charge in [-0.1, -0.05) is 36.4 Å². The highest BCUT2D eigenvalue weighted by atomic mass is 19.1. The molecule has 2 aromatic heterocycles. The van der Waals surface area contributed by atoms with E-state index >= 15 is 0 Å². The van der Waals surface area contributed by atoms with Gasteiger partial charge in [-0.25, -0.2) is 14.1 Å². The fraction of sp³-hybridized carbons (Fsp3) is 0.0800. The van der Waals surface area contributed by atoms with Crippen LogP contribution in [0.3, 0.4) is 0 Å². The Morgan fingerprint density at radius 1 is 0.871 bits per heavy atom. The first-order chi connectivity index (χ1) is 15.1. The van der Waals surface area contributed by atoms with Gasteiger partial charge in [0.1, 0.15) is 11.3 Å². The second-order valence-electron chi connectivity index (χ2n) is 7.38. The largest absolute Gasteiger partial charge is 0.339 e. The quantitative estimate of drug-likeness (QED) is 0.397. The lowest BCUT2D eigenvalue weighted by Crippen LogP contribution is -2.04. The van der Waals surface area contributed by atoms with E-state index in [4.69, 9.17) is 5.10 Å². The first kappa shape index (κ1) is 18.9. The third-order valence-electron chi connectivity index (χ3n) is 5.28. The molecular weight excluding hydrogens is 389 g/mol. The molecule has 0 radical (unpaired) electrons. The molecule has 6 heteroatoms. The molecule has 0 aliphatic carbocycles. The predicted octanol–water partition coefficient (Wildman–Crippen LogP) is 5.98. The Bertz CT molecular complexity index is 1390. The molecule has 0 amide bonds. The van der Waals surface area contributed by atoms with E-state index in [1.807, 2.05) is 79.2 Å². The summed E-state index contributed by atoms with van der Waals surface area (Å²) in [5.41, 5.74) is 6.03. The van der Waals surface area contributed by atoms with Crippen LogP contribution in [0.4, 0.5) is 15.9 Å². The summed E-state index contributed by atoms with van der Waals surface area (Å²) in [5, 5.41) is 8.33. The topological polar surface area (TPSA) is 55.6 Å². The Kier molecular flexibility index (Phi) is 4.67. The van der Waals surface area contributed by atoms with E-state index in [1.165, 1.54) is 12.3 Å². The minimum Gasteiger partial charge on any atom is -0.339 e. The van der Waals surface area contributed by atoms with Crippen LogP contribution in [0, 0.1) is 19.7 Å². The maximum atomic E-state index is 14.9. The van der Waals surface area contributed by atoms with Crippen molar-refractivity contribution in [2.45, 2.75) is 13.8 Å². The number of rotatable bonds is 4. The van der Waals surface area contributed by atoms with Crippen molar-refractivity contribution in [2.24, 2.45) is 0 Å². The number of benzene rings is 3. The van der Waals surface area contributed by atoms with E-state index in [-0.39, 0.29) is 5.52 Å². The highest BCUT2D eigenvalue weighted by Crippen LogP contribution is 2.37. The van der Waals surface area contributed by atoms with Gasteiger partial charge in [0.05, 0.1) is 16.9 Å². The average molecular weight is 409 g/mol. The van der Waals surface area contributed by atoms with Crippen molar-refractivity contribution in [1.29, 1.82) is 0 Å². The molecule has 0 bridgehead atoms. The second kappa shape index (κ2) is 7.65. The number of nitrogens with zero attached hydrogens (tertiary/aromatic N) is 4. The number of halogens is 1. The van der Waals surface area contributed by atoms with Crippen LogP contribution in [0.1, 0.15) is 11.3 Å². The summed E-state index contributed by atoms with van der Waals surface area (Å²) in [6.07, 6.45) is 3.06. The molecule has 0 saturated carbocycles. The van der Waals surface area contributed by atoms with Gasteiger partial charge < -0.3 is 5.32 Å². The van der Waals surface area contributed by atoms with Crippen LogP contribution >= 0.6 is 0 Å². The molecule has 0 saturated heterocycles. The van der Waals surface area contributed by atoms with Crippen molar-refractivity contribution in [3.63, 3.8) is 0 Å². The summed E-state index contributed by atoms with van der Waals surface area (Å²) in [6, 6.07) is 21.3. The van der Waals surface area contributed by atoms with Gasteiger partial charge in [0.15, 0.2) is 5.82 Å². The van der Waals surface area contributed by atoms with Crippen molar-refractivity contribution < 1.29 is 4.39 Å². The van der Waals surface area contributed by atoms with E-state index in [9.17, 15) is 4.39 Å². The molecule has 5 aromatic rings. The maximum Gasteiger partial charge on any atom is 0.151 e. The van der Waals surface area contributed by atoms with Gasteiger partial charge in [0.25, 0.3) is 0 Å². The number of fused-ring (bicyclic) bond motifs is 1. The van der Waals surface area contributed by atoms with Crippen molar-refractivity contribution in [2.75, 3.05) is 5.32 Å². The Morgan fingerprint density at radius 3 is 2.42 bits per heavy atom. The number of aromatic nitrogens is 4. The van der Waals surface area contributed by atoms with Gasteiger partial charge >= 0.3 is 0 Å². The van der Waals surface area contributed by atoms with Crippen LogP contribution in [0.5, 0.6) is 0 Å². The Labute approximate surface area is 179 Å². The van der Waals surface area contributed by atoms with E-state index < -0.39 is 5.82 Å². The van der Waals surface area contributed by atoms with E-state index in [0.717, 1.165) is 34.0 Å². The van der Waals surface area contributed by atoms with Crippen molar-refractivity contribution in [3.8, 4) is 16.8 Å². The first-order valence-corrected chi connectivity index (χ1v) is 10.00. The van der Waals surface area contributed by atoms with E-state index in [1.54, 1.807) is 6.20 Å². The summed E-state index contributed by atoms with van der Waals surface area (Å²) in [4.78, 5) is 8.42. The van der Waals surface area contributed by atoms with Crippen molar-refractivity contribution in [3.05, 3.63) is 96.2 Å². The molecule has 0 atom stereocenters. The van der Waals surface area contributed by atoms with E-state index in [0.29, 0.717) is 11.1 Å². The monoisotopic (exact) mass is 409 g/mol. The van der Waals surface area contributed by atoms with Gasteiger partial charge in [-0.15, -0.1) is 0 Å². The zero-order valence-corrected chi connectivity index (χ0v) is 17.2. The number of para-hydroxylation sites is 2. The molecule has 0 aliphatic rings. The van der Waals surface area contributed by atoms with Crippen LogP contribution in [0.2, 0.25) is 0 Å². The molecule has 0 aliphatic heterocycles. The normalized spacial score (nSPS) is 11.1. The summed E-state index contributed by atoms with van der Waals surface area (Å²) in [5.74, 6) is 0.356. The average Bonchev–Trinajstić information content (AvgIpc) is 3.11. The fourth-order valence-corrected chi connectivity index (χ4v) is 3.76. The molecule has 0 spiro atoms. The zero-order chi connectivity index (χ0) is 21.4. The van der Waals surface area contributed by atoms with Crippen LogP contribution in [0.15, 0.2) is 79.1 Å². The SMILES string of the molecule is Cc1ccccc1Nc1c(-c2cc(F)c3nccnc3c2)c(C)nn1-c1ccccc1. The third-order valence-corrected chi connectivity index (χ3v) is 5.28. The van der Waals surface area contributed by atoms with Gasteiger partial charge in [0, 0.05) is 23.6 Å². The summed E-state index contributed by atoms with van der Waals surface area (Å²) in [6.45, 7) is 3.97. The number of hydrogen-bond donors (Lipinski definition) is 1. The molecule has 5 rings (SSSR count). The first-order valence-electron chi connectivity index (χ1n) is 10.00. The Balaban J connectivity index is 1.76. The van der Waals surface area contributed by atoms with Gasteiger partial charge in [-0.05, 0) is 55.3 Å². The second-order valence-corrected chi connectivity index (χ2v) is 7.38. The third kappa shape index (κ3) is 3.42. The Hall–Kier alpha value is -4.06. The number of hydrogen-bond acceptors (Lipinski definition) is 4. The van der Waals surface area contributed by atoms with Crippen molar-refractivity contribution in [1.82, 2.24) is 19.7 Å². The van der Waals surface area contributed by atoms with Crippen LogP contribution < -0.4 is 5.32 Å². The maximum absolute atomic E-state index is 14.9. The number of nitrogens with one attached hydrogen (secondary N) is 1. The molecule has 152 valence electrons. The molecule has 3 aromatic carbocycles. The fourth-order valence-electron chi connectivity index (χ4n) is 3.76. The standard InChI is InChI=1S/C25H20FN5/c1-16-8-6-7-11-21(16)29-25-23(17(2)30-31(25)19-9-4-3-5-10-19)18-14-20(26)24-22(15-18)27-12-13-28-24/h3-15,29H,1-2H3. The highest BCUT2D eigenvalue weighted by Gasteiger charge is 2.20. The zero-order valence-electron chi connectivity index (χ0n) is 17.2. The molecule has 0 unspecified atom stereocenters. The van der Waals surface area contributed by atoms with Crippen LogP contribution in [0.25, 0.3) is 27.8 Å². The number of anilines is 2. The minimum atomic E-state index is -0.408. The van der Waals surface area contributed by atoms with Gasteiger partial charge in [-0.2, -0.15) is 5.10 Å². The van der Waals surface area contributed by atoms with Crippen molar-refractivity contribution >= 4 is 22.5 Å². The Morgan fingerprint density at radius 2 is 1.61 bits per heavy atom. The molecule has 2 heterocycles. The summed E-state index contributed by atoms with van der Waals surface area (Å²) in [7, 11) is 0. The van der Waals surface area contributed by atoms with Gasteiger partial charge in [-0.3, -0.25) is 4.98 Å². The van der Waals surface area contributed by atoms with Gasteiger partial charge in [0.2, 0.25) is 0 Å². The molecular formula is C25H20FN5. The van der Waals surface area contributed by atoms with Crippen LogP contribution in [-0.4, -0.2) is 19.7 Å². The molecule has 31 heavy (non-hydrogen) atoms. The summed E-state index contributed by atoms with van der Waals surface area (Å²) >= 11 is 0. The van der Waals surface area contributed by atoms with Crippen LogP contribution in [-0.2, 0) is 0 Å². The lowest BCUT2D eigenvalue weighted by atomic mass is 10.0. The highest BCUT2D eigenvalue weighted by molar-refractivity contribution is 5.88. The minimum absolute atomic E-state index is 0.257. The molecule has 1 N–H and O–H groups in total. The number of aryl methyl sites for hydroxylation is 2. The smallest absolute Gasteiger partial charge is 0.151 e.